The molecule has 5 aromatic rings. The van der Waals surface area contributed by atoms with Crippen LogP contribution in [0.2, 0.25) is 5.15 Å². The number of aromatic nitrogens is 5. The van der Waals surface area contributed by atoms with E-state index >= 15 is 0 Å². The minimum atomic E-state index is -0.538. The van der Waals surface area contributed by atoms with Gasteiger partial charge < -0.3 is 39.6 Å². The fourth-order valence-electron chi connectivity index (χ4n) is 10.3. The maximum Gasteiger partial charge on any atom is 0.410 e. The molecule has 0 aromatic carbocycles. The number of halogens is 1. The van der Waals surface area contributed by atoms with Crippen molar-refractivity contribution in [2.45, 2.75) is 76.0 Å². The fraction of sp³-hybridized carbons (Fsp3) is 0.435. The molecule has 6 aliphatic rings. The van der Waals surface area contributed by atoms with Crippen molar-refractivity contribution in [2.24, 2.45) is 14.1 Å². The van der Waals surface area contributed by atoms with Crippen molar-refractivity contribution in [3.8, 4) is 33.8 Å². The van der Waals surface area contributed by atoms with E-state index in [0.29, 0.717) is 24.7 Å². The van der Waals surface area contributed by atoms with E-state index in [0.717, 1.165) is 101 Å². The van der Waals surface area contributed by atoms with Crippen LogP contribution in [0.1, 0.15) is 75.1 Å². The number of likely N-dealkylation sites (tertiary alicyclic amines) is 1. The molecule has 3 N–H and O–H groups in total. The smallest absolute Gasteiger partial charge is 0.410 e. The molecule has 4 aliphatic heterocycles. The second-order valence-corrected chi connectivity index (χ2v) is 19.3. The van der Waals surface area contributed by atoms with Crippen molar-refractivity contribution in [3.63, 3.8) is 0 Å². The van der Waals surface area contributed by atoms with Crippen molar-refractivity contribution in [3.05, 3.63) is 92.8 Å². The first kappa shape index (κ1) is 39.4. The van der Waals surface area contributed by atoms with Gasteiger partial charge in [-0.05, 0) is 93.0 Å². The number of carbonyl (C=O) groups is 3. The number of carbonyl (C=O) groups excluding carboxylic acids is 3. The monoisotopic (exact) mass is 842 g/mol. The molecule has 11 rings (SSSR count). The largest absolute Gasteiger partial charge is 0.444 e. The SMILES string of the molecule is CN(C)c1ccc(-c2cc3c(cn2)CCc2c4c(n(C)c2-3)CC2(CNC2)NC4=O)cn1.Cn1c2c(c3c1-c1cc(Cl)ncc1CC3)C(=O)NC1(C2)CN(C(=O)OC(C)(C)C)C1. The van der Waals surface area contributed by atoms with Crippen LogP contribution in [0.15, 0.2) is 42.9 Å². The molecule has 3 amide bonds. The molecule has 9 heterocycles. The molecule has 14 nitrogen and oxygen atoms in total. The maximum absolute atomic E-state index is 13.2. The Morgan fingerprint density at radius 3 is 1.90 bits per heavy atom. The molecule has 2 aliphatic carbocycles. The van der Waals surface area contributed by atoms with Crippen molar-refractivity contribution >= 4 is 35.3 Å². The summed E-state index contributed by atoms with van der Waals surface area (Å²) in [6.07, 6.45) is 10.4. The van der Waals surface area contributed by atoms with E-state index in [-0.39, 0.29) is 23.4 Å². The lowest BCUT2D eigenvalue weighted by Gasteiger charge is -2.51. The van der Waals surface area contributed by atoms with E-state index in [1.807, 2.05) is 77.5 Å². The molecule has 0 radical (unpaired) electrons. The van der Waals surface area contributed by atoms with E-state index in [2.05, 4.69) is 54.2 Å². The third-order valence-electron chi connectivity index (χ3n) is 13.3. The second kappa shape index (κ2) is 13.9. The van der Waals surface area contributed by atoms with Crippen LogP contribution in [0.5, 0.6) is 0 Å². The molecule has 61 heavy (non-hydrogen) atoms. The summed E-state index contributed by atoms with van der Waals surface area (Å²) < 4.78 is 9.86. The lowest BCUT2D eigenvalue weighted by Crippen LogP contribution is -2.74. The van der Waals surface area contributed by atoms with Crippen molar-refractivity contribution in [1.29, 1.82) is 0 Å². The first-order valence-electron chi connectivity index (χ1n) is 21.0. The van der Waals surface area contributed by atoms with Gasteiger partial charge in [0.05, 0.1) is 39.3 Å². The van der Waals surface area contributed by atoms with Gasteiger partial charge in [0.25, 0.3) is 11.8 Å². The zero-order valence-corrected chi connectivity index (χ0v) is 36.5. The minimum Gasteiger partial charge on any atom is -0.444 e. The lowest BCUT2D eigenvalue weighted by molar-refractivity contribution is -0.0170. The molecule has 2 saturated heterocycles. The van der Waals surface area contributed by atoms with Crippen LogP contribution in [0.4, 0.5) is 10.6 Å². The number of fused-ring (bicyclic) bond motifs is 10. The van der Waals surface area contributed by atoms with Gasteiger partial charge in [0.2, 0.25) is 0 Å². The van der Waals surface area contributed by atoms with Crippen LogP contribution in [-0.2, 0) is 57.4 Å². The Balaban J connectivity index is 0.000000146. The summed E-state index contributed by atoms with van der Waals surface area (Å²) in [7, 11) is 8.09. The lowest BCUT2D eigenvalue weighted by atomic mass is 9.80. The summed E-state index contributed by atoms with van der Waals surface area (Å²) in [6, 6.07) is 8.14. The first-order chi connectivity index (χ1) is 29.0. The molecule has 316 valence electrons. The van der Waals surface area contributed by atoms with Crippen LogP contribution in [0, 0.1) is 0 Å². The number of amides is 3. The highest BCUT2D eigenvalue weighted by Gasteiger charge is 2.52. The normalized spacial score (nSPS) is 18.4. The molecular weight excluding hydrogens is 792 g/mol. The van der Waals surface area contributed by atoms with E-state index in [9.17, 15) is 14.4 Å². The quantitative estimate of drug-likeness (QED) is 0.208. The summed E-state index contributed by atoms with van der Waals surface area (Å²) in [5.74, 6) is 0.950. The number of pyridine rings is 3. The van der Waals surface area contributed by atoms with Crippen molar-refractivity contribution in [1.82, 2.24) is 44.9 Å². The minimum absolute atomic E-state index is 0.0551. The number of hydrogen-bond acceptors (Lipinski definition) is 9. The third-order valence-corrected chi connectivity index (χ3v) is 13.5. The van der Waals surface area contributed by atoms with Gasteiger partial charge in [0, 0.05) is 114 Å². The first-order valence-corrected chi connectivity index (χ1v) is 21.4. The molecule has 0 saturated carbocycles. The number of hydrogen-bond donors (Lipinski definition) is 3. The average Bonchev–Trinajstić information content (AvgIpc) is 3.66. The summed E-state index contributed by atoms with van der Waals surface area (Å²) in [5.41, 5.74) is 13.8. The molecule has 0 unspecified atom stereocenters. The fourth-order valence-corrected chi connectivity index (χ4v) is 10.4. The number of aryl methyl sites for hydroxylation is 2. The summed E-state index contributed by atoms with van der Waals surface area (Å²) in [6.45, 7) is 8.14. The Morgan fingerprint density at radius 2 is 1.36 bits per heavy atom. The Kier molecular flexibility index (Phi) is 8.98. The molecule has 2 spiro atoms. The molecule has 2 fully saturated rings. The predicted octanol–water partition coefficient (Wildman–Crippen LogP) is 5.06. The summed E-state index contributed by atoms with van der Waals surface area (Å²) in [5, 5.41) is 10.2. The number of rotatable bonds is 2. The highest BCUT2D eigenvalue weighted by molar-refractivity contribution is 6.29. The van der Waals surface area contributed by atoms with Crippen LogP contribution in [0.3, 0.4) is 0 Å². The van der Waals surface area contributed by atoms with Crippen molar-refractivity contribution in [2.75, 3.05) is 45.2 Å². The van der Waals surface area contributed by atoms with Gasteiger partial charge in [-0.15, -0.1) is 0 Å². The molecule has 0 bridgehead atoms. The van der Waals surface area contributed by atoms with Gasteiger partial charge >= 0.3 is 6.09 Å². The number of nitrogens with zero attached hydrogens (tertiary/aromatic N) is 7. The Morgan fingerprint density at radius 1 is 0.787 bits per heavy atom. The molecule has 5 aromatic heterocycles. The standard InChI is InChI=1S/C24H26N6O.C22H25ClN4O3/c1-29(2)20-7-5-15(11-27-20)18-8-17-14(10-26-18)4-6-16-21-19(30(3)22(16)17)9-24(12-25-13-24)28-23(21)31;1-21(2,3)30-20(29)27-10-22(11-27)8-15-17(19(28)25-22)13-6-5-12-9-24-16(23)7-14(12)18(13)26(15)4/h5,7-8,10-11,25H,4,6,9,12-13H2,1-3H3,(H,28,31);7,9H,5-6,8,10-11H2,1-4H3,(H,25,28). The van der Waals surface area contributed by atoms with Crippen LogP contribution in [-0.4, -0.2) is 104 Å². The third kappa shape index (κ3) is 6.48. The maximum atomic E-state index is 13.2. The van der Waals surface area contributed by atoms with E-state index < -0.39 is 11.1 Å². The Labute approximate surface area is 360 Å². The number of ether oxygens (including phenoxy) is 1. The van der Waals surface area contributed by atoms with Gasteiger partial charge in [0.1, 0.15) is 16.6 Å². The van der Waals surface area contributed by atoms with Gasteiger partial charge in [0.15, 0.2) is 0 Å². The molecular formula is C46H51ClN10O4. The number of nitrogens with one attached hydrogen (secondary N) is 3. The highest BCUT2D eigenvalue weighted by Crippen LogP contribution is 2.44. The van der Waals surface area contributed by atoms with E-state index in [1.165, 1.54) is 28.1 Å². The summed E-state index contributed by atoms with van der Waals surface area (Å²) in [4.78, 5) is 55.7. The van der Waals surface area contributed by atoms with E-state index in [1.54, 1.807) is 4.90 Å². The zero-order chi connectivity index (χ0) is 42.7. The van der Waals surface area contributed by atoms with E-state index in [4.69, 9.17) is 21.3 Å². The van der Waals surface area contributed by atoms with Crippen molar-refractivity contribution < 1.29 is 19.1 Å². The average molecular weight is 843 g/mol. The second-order valence-electron chi connectivity index (χ2n) is 18.9. The summed E-state index contributed by atoms with van der Waals surface area (Å²) >= 11 is 6.17. The Hall–Kier alpha value is -5.73. The van der Waals surface area contributed by atoms with Crippen LogP contribution in [0.25, 0.3) is 33.8 Å². The van der Waals surface area contributed by atoms with Crippen LogP contribution < -0.4 is 20.9 Å². The van der Waals surface area contributed by atoms with Gasteiger partial charge in [-0.1, -0.05) is 11.6 Å². The highest BCUT2D eigenvalue weighted by atomic mass is 35.5. The van der Waals surface area contributed by atoms with Gasteiger partial charge in [-0.3, -0.25) is 14.6 Å². The topological polar surface area (TPSA) is 152 Å². The van der Waals surface area contributed by atoms with Gasteiger partial charge in [-0.25, -0.2) is 14.8 Å². The predicted molar refractivity (Wildman–Crippen MR) is 233 cm³/mol. The zero-order valence-electron chi connectivity index (χ0n) is 35.8. The number of anilines is 1. The van der Waals surface area contributed by atoms with Gasteiger partial charge in [-0.2, -0.15) is 0 Å². The Bertz CT molecular complexity index is 2680. The van der Waals surface area contributed by atoms with Crippen LogP contribution >= 0.6 is 11.6 Å². The molecule has 0 atom stereocenters. The molecule has 15 heteroatoms.